The van der Waals surface area contributed by atoms with Gasteiger partial charge in [0.15, 0.2) is 5.82 Å². The van der Waals surface area contributed by atoms with Gasteiger partial charge in [-0.05, 0) is 32.8 Å². The van der Waals surface area contributed by atoms with E-state index < -0.39 is 0 Å². The van der Waals surface area contributed by atoms with E-state index in [1.54, 1.807) is 0 Å². The van der Waals surface area contributed by atoms with Gasteiger partial charge in [-0.25, -0.2) is 0 Å². The third-order valence-electron chi connectivity index (χ3n) is 4.81. The van der Waals surface area contributed by atoms with Crippen molar-refractivity contribution in [3.8, 4) is 5.82 Å². The molecule has 0 radical (unpaired) electrons. The summed E-state index contributed by atoms with van der Waals surface area (Å²) in [6.07, 6.45) is 0. The minimum Gasteiger partial charge on any atom is -0.379 e. The van der Waals surface area contributed by atoms with Gasteiger partial charge >= 0.3 is 0 Å². The second kappa shape index (κ2) is 8.05. The van der Waals surface area contributed by atoms with Gasteiger partial charge < -0.3 is 14.6 Å². The lowest BCUT2D eigenvalue weighted by molar-refractivity contribution is 0.0317. The van der Waals surface area contributed by atoms with Crippen LogP contribution in [0.1, 0.15) is 34.4 Å². The molecule has 3 rings (SSSR count). The summed E-state index contributed by atoms with van der Waals surface area (Å²) in [5, 5.41) is 7.13. The van der Waals surface area contributed by atoms with Gasteiger partial charge in [0.1, 0.15) is 5.76 Å². The normalized spacial score (nSPS) is 16.6. The fourth-order valence-electron chi connectivity index (χ4n) is 3.46. The van der Waals surface area contributed by atoms with E-state index in [0.29, 0.717) is 23.8 Å². The van der Waals surface area contributed by atoms with Crippen LogP contribution >= 0.6 is 0 Å². The van der Waals surface area contributed by atoms with Crippen LogP contribution in [0.4, 0.5) is 0 Å². The average molecular weight is 360 g/mol. The highest BCUT2D eigenvalue weighted by Crippen LogP contribution is 2.20. The van der Waals surface area contributed by atoms with Crippen LogP contribution in [0.25, 0.3) is 5.82 Å². The molecule has 1 saturated heterocycles. The first kappa shape index (κ1) is 18.7. The summed E-state index contributed by atoms with van der Waals surface area (Å²) in [4.78, 5) is 15.1. The minimum atomic E-state index is -0.0432. The molecule has 0 aromatic carbocycles. The summed E-state index contributed by atoms with van der Waals surface area (Å²) < 4.78 is 12.5. The van der Waals surface area contributed by atoms with E-state index in [4.69, 9.17) is 9.26 Å². The van der Waals surface area contributed by atoms with Crippen LogP contribution in [0.2, 0.25) is 0 Å². The van der Waals surface area contributed by atoms with Crippen LogP contribution in [0.3, 0.4) is 0 Å². The Bertz CT molecular complexity index is 759. The monoisotopic (exact) mass is 360 g/mol. The van der Waals surface area contributed by atoms with Crippen LogP contribution in [0.5, 0.6) is 0 Å². The molecule has 2 aromatic rings. The first-order valence-electron chi connectivity index (χ1n) is 9.16. The molecule has 26 heavy (non-hydrogen) atoms. The van der Waals surface area contributed by atoms with Crippen molar-refractivity contribution in [2.24, 2.45) is 5.92 Å². The van der Waals surface area contributed by atoms with E-state index >= 15 is 0 Å². The van der Waals surface area contributed by atoms with Crippen molar-refractivity contribution in [1.82, 2.24) is 19.9 Å². The smallest absolute Gasteiger partial charge is 0.253 e. The highest BCUT2D eigenvalue weighted by Gasteiger charge is 2.19. The van der Waals surface area contributed by atoms with Gasteiger partial charge in [0.25, 0.3) is 5.91 Å². The summed E-state index contributed by atoms with van der Waals surface area (Å²) in [5.41, 5.74) is 2.51. The van der Waals surface area contributed by atoms with Gasteiger partial charge in [-0.1, -0.05) is 12.1 Å². The van der Waals surface area contributed by atoms with Crippen molar-refractivity contribution in [2.75, 3.05) is 39.4 Å². The summed E-state index contributed by atoms with van der Waals surface area (Å²) in [6.45, 7) is 13.1. The molecule has 0 aliphatic carbocycles. The van der Waals surface area contributed by atoms with E-state index in [1.165, 1.54) is 0 Å². The van der Waals surface area contributed by atoms with Crippen molar-refractivity contribution >= 4 is 5.91 Å². The Morgan fingerprint density at radius 3 is 2.65 bits per heavy atom. The molecule has 1 aliphatic rings. The van der Waals surface area contributed by atoms with Crippen LogP contribution in [0, 0.1) is 26.7 Å². The van der Waals surface area contributed by atoms with Crippen LogP contribution in [0.15, 0.2) is 16.7 Å². The third kappa shape index (κ3) is 4.16. The summed E-state index contributed by atoms with van der Waals surface area (Å²) >= 11 is 0. The zero-order chi connectivity index (χ0) is 18.7. The second-order valence-corrected chi connectivity index (χ2v) is 7.14. The minimum absolute atomic E-state index is 0.0432. The van der Waals surface area contributed by atoms with E-state index in [2.05, 4.69) is 22.3 Å². The first-order valence-corrected chi connectivity index (χ1v) is 9.16. The molecular weight excluding hydrogens is 332 g/mol. The number of amides is 1. The Kier molecular flexibility index (Phi) is 5.78. The fourth-order valence-corrected chi connectivity index (χ4v) is 3.46. The Balaban J connectivity index is 1.61. The van der Waals surface area contributed by atoms with Gasteiger partial charge in [0.2, 0.25) is 0 Å². The Hall–Kier alpha value is -2.12. The Morgan fingerprint density at radius 1 is 1.27 bits per heavy atom. The van der Waals surface area contributed by atoms with Crippen LogP contribution < -0.4 is 5.32 Å². The number of aryl methyl sites for hydroxylation is 2. The standard InChI is InChI=1S/C19H28N4O3/c1-13(12-22-5-7-25-8-6-22)11-20-19(24)17-9-14(2)23(16(17)4)18-10-15(3)26-21-18/h9-10,13H,5-8,11-12H2,1-4H3,(H,20,24). The number of hydrogen-bond donors (Lipinski definition) is 1. The van der Waals surface area contributed by atoms with Crippen molar-refractivity contribution in [3.63, 3.8) is 0 Å². The zero-order valence-corrected chi connectivity index (χ0v) is 16.0. The molecular formula is C19H28N4O3. The lowest BCUT2D eigenvalue weighted by Gasteiger charge is -2.29. The molecule has 1 aliphatic heterocycles. The number of carbonyl (C=O) groups is 1. The lowest BCUT2D eigenvalue weighted by Crippen LogP contribution is -2.41. The van der Waals surface area contributed by atoms with Gasteiger partial charge in [0.05, 0.1) is 18.8 Å². The van der Waals surface area contributed by atoms with Crippen molar-refractivity contribution in [1.29, 1.82) is 0 Å². The highest BCUT2D eigenvalue weighted by molar-refractivity contribution is 5.95. The van der Waals surface area contributed by atoms with Crippen LogP contribution in [-0.4, -0.2) is 59.9 Å². The molecule has 1 amide bonds. The number of rotatable bonds is 6. The van der Waals surface area contributed by atoms with Crippen molar-refractivity contribution in [2.45, 2.75) is 27.7 Å². The Labute approximate surface area is 154 Å². The Morgan fingerprint density at radius 2 is 2.00 bits per heavy atom. The fraction of sp³-hybridized carbons (Fsp3) is 0.579. The van der Waals surface area contributed by atoms with E-state index in [0.717, 1.165) is 50.0 Å². The topological polar surface area (TPSA) is 72.5 Å². The summed E-state index contributed by atoms with van der Waals surface area (Å²) in [6, 6.07) is 3.77. The molecule has 3 heterocycles. The highest BCUT2D eigenvalue weighted by atomic mass is 16.5. The SMILES string of the molecule is Cc1cc(-n2c(C)cc(C(=O)NCC(C)CN3CCOCC3)c2C)no1. The number of aromatic nitrogens is 2. The molecule has 0 spiro atoms. The molecule has 1 atom stereocenters. The summed E-state index contributed by atoms with van der Waals surface area (Å²) in [7, 11) is 0. The number of nitrogens with zero attached hydrogens (tertiary/aromatic N) is 3. The van der Waals surface area contributed by atoms with Crippen molar-refractivity contribution in [3.05, 3.63) is 34.8 Å². The van der Waals surface area contributed by atoms with Crippen molar-refractivity contribution < 1.29 is 14.1 Å². The van der Waals surface area contributed by atoms with Gasteiger partial charge in [-0.2, -0.15) is 0 Å². The molecule has 7 nitrogen and oxygen atoms in total. The molecule has 7 heteroatoms. The van der Waals surface area contributed by atoms with E-state index in [9.17, 15) is 4.79 Å². The molecule has 0 saturated carbocycles. The lowest BCUT2D eigenvalue weighted by atomic mass is 10.1. The maximum atomic E-state index is 12.7. The number of nitrogens with one attached hydrogen (secondary N) is 1. The van der Waals surface area contributed by atoms with Crippen LogP contribution in [-0.2, 0) is 4.74 Å². The largest absolute Gasteiger partial charge is 0.379 e. The maximum absolute atomic E-state index is 12.7. The number of ether oxygens (including phenoxy) is 1. The van der Waals surface area contributed by atoms with E-state index in [-0.39, 0.29) is 5.91 Å². The predicted octanol–water partition coefficient (Wildman–Crippen LogP) is 2.09. The number of morpholine rings is 1. The molecule has 1 fully saturated rings. The van der Waals surface area contributed by atoms with Gasteiger partial charge in [0, 0.05) is 43.6 Å². The average Bonchev–Trinajstić information content (AvgIpc) is 3.16. The molecule has 2 aromatic heterocycles. The molecule has 142 valence electrons. The first-order chi connectivity index (χ1) is 12.5. The third-order valence-corrected chi connectivity index (χ3v) is 4.81. The molecule has 1 N–H and O–H groups in total. The molecule has 0 bridgehead atoms. The maximum Gasteiger partial charge on any atom is 0.253 e. The van der Waals surface area contributed by atoms with E-state index in [1.807, 2.05) is 37.5 Å². The number of hydrogen-bond acceptors (Lipinski definition) is 5. The van der Waals surface area contributed by atoms with Gasteiger partial charge in [-0.3, -0.25) is 14.3 Å². The quantitative estimate of drug-likeness (QED) is 0.854. The summed E-state index contributed by atoms with van der Waals surface area (Å²) in [5.74, 6) is 1.80. The number of carbonyl (C=O) groups excluding carboxylic acids is 1. The predicted molar refractivity (Wildman–Crippen MR) is 98.8 cm³/mol. The molecule has 1 unspecified atom stereocenters. The zero-order valence-electron chi connectivity index (χ0n) is 16.0. The van der Waals surface area contributed by atoms with Gasteiger partial charge in [-0.15, -0.1) is 0 Å². The second-order valence-electron chi connectivity index (χ2n) is 7.14.